The van der Waals surface area contributed by atoms with Crippen LogP contribution in [0.5, 0.6) is 5.75 Å². The van der Waals surface area contributed by atoms with Gasteiger partial charge in [-0.25, -0.2) is 4.99 Å². The lowest BCUT2D eigenvalue weighted by molar-refractivity contribution is 0.295. The van der Waals surface area contributed by atoms with Gasteiger partial charge in [0.2, 0.25) is 0 Å². The van der Waals surface area contributed by atoms with Gasteiger partial charge in [0.05, 0.1) is 19.7 Å². The first-order valence-electron chi connectivity index (χ1n) is 11.2. The number of hydrogen-bond donors (Lipinski definition) is 2. The van der Waals surface area contributed by atoms with Gasteiger partial charge in [0.15, 0.2) is 11.8 Å². The summed E-state index contributed by atoms with van der Waals surface area (Å²) < 4.78 is 8.31. The average molecular weight is 540 g/mol. The van der Waals surface area contributed by atoms with E-state index < -0.39 is 0 Å². The Morgan fingerprint density at radius 3 is 2.87 bits per heavy atom. The zero-order chi connectivity index (χ0) is 21.3. The van der Waals surface area contributed by atoms with Crippen molar-refractivity contribution in [2.75, 3.05) is 13.2 Å². The van der Waals surface area contributed by atoms with Gasteiger partial charge in [0.25, 0.3) is 0 Å². The van der Waals surface area contributed by atoms with Crippen molar-refractivity contribution in [2.24, 2.45) is 10.9 Å². The summed E-state index contributed by atoms with van der Waals surface area (Å²) in [4.78, 5) is 4.78. The third kappa shape index (κ3) is 7.66. The number of halogens is 1. The molecular weight excluding hydrogens is 503 g/mol. The van der Waals surface area contributed by atoms with E-state index in [1.54, 1.807) is 0 Å². The minimum Gasteiger partial charge on any atom is -0.493 e. The van der Waals surface area contributed by atoms with Crippen LogP contribution in [0, 0.1) is 12.8 Å². The Labute approximate surface area is 203 Å². The smallest absolute Gasteiger partial charge is 0.191 e. The molecule has 1 aromatic heterocycles. The van der Waals surface area contributed by atoms with Crippen molar-refractivity contribution in [1.29, 1.82) is 0 Å². The zero-order valence-electron chi connectivity index (χ0n) is 19.3. The Morgan fingerprint density at radius 2 is 2.10 bits per heavy atom. The quantitative estimate of drug-likeness (QED) is 0.204. The largest absolute Gasteiger partial charge is 0.493 e. The second kappa shape index (κ2) is 12.9. The summed E-state index contributed by atoms with van der Waals surface area (Å²) in [6, 6.07) is 6.34. The van der Waals surface area contributed by atoms with E-state index in [2.05, 4.69) is 71.3 Å². The van der Waals surface area contributed by atoms with Gasteiger partial charge in [-0.05, 0) is 50.7 Å². The van der Waals surface area contributed by atoms with E-state index in [-0.39, 0.29) is 24.0 Å². The monoisotopic (exact) mass is 540 g/mol. The van der Waals surface area contributed by atoms with E-state index in [0.717, 1.165) is 67.9 Å². The van der Waals surface area contributed by atoms with E-state index in [4.69, 9.17) is 9.73 Å². The molecule has 172 valence electrons. The maximum atomic E-state index is 6.10. The molecule has 0 aliphatic carbocycles. The van der Waals surface area contributed by atoms with Crippen molar-refractivity contribution in [3.63, 3.8) is 0 Å². The third-order valence-corrected chi connectivity index (χ3v) is 5.26. The van der Waals surface area contributed by atoms with Crippen LogP contribution >= 0.6 is 24.0 Å². The molecule has 1 aliphatic rings. The molecular formula is C23H37IN6O. The van der Waals surface area contributed by atoms with Crippen LogP contribution in [0.4, 0.5) is 0 Å². The van der Waals surface area contributed by atoms with Gasteiger partial charge in [0, 0.05) is 25.1 Å². The highest BCUT2D eigenvalue weighted by molar-refractivity contribution is 14.0. The molecule has 0 spiro atoms. The Hall–Kier alpha value is -1.84. The van der Waals surface area contributed by atoms with Gasteiger partial charge in [-0.15, -0.1) is 34.2 Å². The maximum absolute atomic E-state index is 6.10. The summed E-state index contributed by atoms with van der Waals surface area (Å²) >= 11 is 0. The molecule has 7 nitrogen and oxygen atoms in total. The van der Waals surface area contributed by atoms with E-state index in [9.17, 15) is 0 Å². The molecule has 0 unspecified atom stereocenters. The Balaban J connectivity index is 0.00000341. The second-order valence-corrected chi connectivity index (χ2v) is 8.33. The molecule has 0 radical (unpaired) electrons. The van der Waals surface area contributed by atoms with E-state index in [0.29, 0.717) is 19.0 Å². The number of aromatic nitrogens is 3. The Bertz CT molecular complexity index is 849. The van der Waals surface area contributed by atoms with Gasteiger partial charge in [0.1, 0.15) is 11.6 Å². The summed E-state index contributed by atoms with van der Waals surface area (Å²) in [6.07, 6.45) is 4.43. The number of rotatable bonds is 10. The van der Waals surface area contributed by atoms with E-state index >= 15 is 0 Å². The van der Waals surface area contributed by atoms with Crippen LogP contribution in [0.15, 0.2) is 23.2 Å². The van der Waals surface area contributed by atoms with Crippen LogP contribution in [-0.2, 0) is 26.1 Å². The summed E-state index contributed by atoms with van der Waals surface area (Å²) in [5.41, 5.74) is 2.30. The van der Waals surface area contributed by atoms with Crippen LogP contribution < -0.4 is 15.4 Å². The summed E-state index contributed by atoms with van der Waals surface area (Å²) in [5.74, 6) is 4.48. The van der Waals surface area contributed by atoms with E-state index in [1.165, 1.54) is 12.0 Å². The number of benzene rings is 1. The number of nitrogens with one attached hydrogen (secondary N) is 2. The number of fused-ring (bicyclic) bond motifs is 1. The Morgan fingerprint density at radius 1 is 1.26 bits per heavy atom. The fourth-order valence-corrected chi connectivity index (χ4v) is 3.61. The van der Waals surface area contributed by atoms with Crippen molar-refractivity contribution >= 4 is 29.9 Å². The van der Waals surface area contributed by atoms with Crippen molar-refractivity contribution < 1.29 is 4.74 Å². The predicted molar refractivity (Wildman–Crippen MR) is 136 cm³/mol. The van der Waals surface area contributed by atoms with Crippen LogP contribution in [0.1, 0.15) is 62.8 Å². The van der Waals surface area contributed by atoms with Crippen molar-refractivity contribution in [2.45, 2.75) is 73.0 Å². The molecule has 0 amide bonds. The molecule has 2 aromatic rings. The molecule has 0 bridgehead atoms. The van der Waals surface area contributed by atoms with Crippen molar-refractivity contribution in [1.82, 2.24) is 25.4 Å². The van der Waals surface area contributed by atoms with Crippen LogP contribution in [0.25, 0.3) is 0 Å². The molecule has 0 atom stereocenters. The molecule has 0 saturated heterocycles. The maximum Gasteiger partial charge on any atom is 0.191 e. The number of aliphatic imine (C=N–C) groups is 1. The van der Waals surface area contributed by atoms with Crippen molar-refractivity contribution in [3.8, 4) is 5.75 Å². The number of guanidine groups is 1. The number of nitrogens with zero attached hydrogens (tertiary/aromatic N) is 4. The molecule has 31 heavy (non-hydrogen) atoms. The number of ether oxygens (including phenoxy) is 1. The summed E-state index contributed by atoms with van der Waals surface area (Å²) in [6.45, 7) is 12.4. The fraction of sp³-hybridized carbons (Fsp3) is 0.609. The second-order valence-electron chi connectivity index (χ2n) is 8.33. The first-order chi connectivity index (χ1) is 14.6. The van der Waals surface area contributed by atoms with Crippen LogP contribution in [-0.4, -0.2) is 33.9 Å². The van der Waals surface area contributed by atoms with Crippen molar-refractivity contribution in [3.05, 3.63) is 41.0 Å². The van der Waals surface area contributed by atoms with Crippen LogP contribution in [0.3, 0.4) is 0 Å². The van der Waals surface area contributed by atoms with Gasteiger partial charge in [-0.1, -0.05) is 26.0 Å². The molecule has 0 fully saturated rings. The number of hydrogen-bond acceptors (Lipinski definition) is 4. The molecule has 1 aliphatic heterocycles. The molecule has 3 rings (SSSR count). The van der Waals surface area contributed by atoms with Gasteiger partial charge >= 0.3 is 0 Å². The molecule has 0 saturated carbocycles. The highest BCUT2D eigenvalue weighted by atomic mass is 127. The Kier molecular flexibility index (Phi) is 10.6. The molecule has 1 aromatic carbocycles. The van der Waals surface area contributed by atoms with Crippen LogP contribution in [0.2, 0.25) is 0 Å². The first kappa shape index (κ1) is 25.4. The summed E-state index contributed by atoms with van der Waals surface area (Å²) in [7, 11) is 0. The lowest BCUT2D eigenvalue weighted by Gasteiger charge is -2.14. The topological polar surface area (TPSA) is 76.4 Å². The lowest BCUT2D eigenvalue weighted by atomic mass is 10.1. The SMILES string of the molecule is CCNC(=NCc1ccc(C)cc1OCCCC(C)C)NCc1nnc2n1CCC2.I. The number of aryl methyl sites for hydroxylation is 2. The lowest BCUT2D eigenvalue weighted by Crippen LogP contribution is -2.37. The van der Waals surface area contributed by atoms with Gasteiger partial charge in [-0.3, -0.25) is 0 Å². The summed E-state index contributed by atoms with van der Waals surface area (Å²) in [5, 5.41) is 15.3. The first-order valence-corrected chi connectivity index (χ1v) is 11.2. The molecule has 8 heteroatoms. The van der Waals surface area contributed by atoms with Gasteiger partial charge in [-0.2, -0.15) is 0 Å². The zero-order valence-corrected chi connectivity index (χ0v) is 21.6. The molecule has 2 heterocycles. The average Bonchev–Trinajstić information content (AvgIpc) is 3.32. The van der Waals surface area contributed by atoms with E-state index in [1.807, 2.05) is 0 Å². The minimum absolute atomic E-state index is 0. The minimum atomic E-state index is 0. The highest BCUT2D eigenvalue weighted by Crippen LogP contribution is 2.22. The fourth-order valence-electron chi connectivity index (χ4n) is 3.61. The normalized spacial score (nSPS) is 13.1. The van der Waals surface area contributed by atoms with Gasteiger partial charge < -0.3 is 19.9 Å². The molecule has 2 N–H and O–H groups in total. The predicted octanol–water partition coefficient (Wildman–Crippen LogP) is 4.22. The third-order valence-electron chi connectivity index (χ3n) is 5.26. The highest BCUT2D eigenvalue weighted by Gasteiger charge is 2.17. The standard InChI is InChI=1S/C23H36N6O.HI/c1-5-24-23(26-16-22-28-27-21-9-6-12-29(21)22)25-15-19-11-10-18(4)14-20(19)30-13-7-8-17(2)3;/h10-11,14,17H,5-9,12-13,15-16H2,1-4H3,(H2,24,25,26);1H.